The van der Waals surface area contributed by atoms with Crippen LogP contribution in [-0.2, 0) is 11.2 Å². The Balaban J connectivity index is 1.89. The Morgan fingerprint density at radius 1 is 1.44 bits per heavy atom. The number of hydrogen-bond acceptors (Lipinski definition) is 3. The van der Waals surface area contributed by atoms with Crippen molar-refractivity contribution in [2.45, 2.75) is 12.8 Å². The van der Waals surface area contributed by atoms with Crippen LogP contribution in [-0.4, -0.2) is 23.0 Å². The van der Waals surface area contributed by atoms with E-state index in [9.17, 15) is 4.79 Å². The van der Waals surface area contributed by atoms with Gasteiger partial charge in [0.15, 0.2) is 0 Å². The zero-order valence-corrected chi connectivity index (χ0v) is 10.1. The van der Waals surface area contributed by atoms with Crippen LogP contribution in [0.2, 0.25) is 0 Å². The fourth-order valence-corrected chi connectivity index (χ4v) is 1.69. The van der Waals surface area contributed by atoms with Crippen LogP contribution in [0.5, 0.6) is 5.75 Å². The average Bonchev–Trinajstić information content (AvgIpc) is 2.89. The van der Waals surface area contributed by atoms with Gasteiger partial charge >= 0.3 is 0 Å². The van der Waals surface area contributed by atoms with Crippen LogP contribution in [0.25, 0.3) is 0 Å². The van der Waals surface area contributed by atoms with E-state index in [4.69, 9.17) is 4.74 Å². The number of para-hydroxylation sites is 1. The molecule has 0 radical (unpaired) electrons. The number of ether oxygens (including phenoxy) is 1. The van der Waals surface area contributed by atoms with Crippen molar-refractivity contribution >= 4 is 11.9 Å². The first-order chi connectivity index (χ1) is 8.79. The average molecular weight is 245 g/mol. The molecule has 5 nitrogen and oxygen atoms in total. The number of benzene rings is 1. The zero-order chi connectivity index (χ0) is 12.8. The number of hydrogen-bond donors (Lipinski definition) is 2. The molecule has 2 rings (SSSR count). The molecule has 1 heterocycles. The molecule has 0 aliphatic carbocycles. The highest BCUT2D eigenvalue weighted by Gasteiger charge is 2.07. The molecule has 0 fully saturated rings. The van der Waals surface area contributed by atoms with E-state index in [0.29, 0.717) is 18.8 Å². The highest BCUT2D eigenvalue weighted by molar-refractivity contribution is 5.89. The third-order valence-corrected chi connectivity index (χ3v) is 2.57. The molecule has 0 aliphatic heterocycles. The third-order valence-electron chi connectivity index (χ3n) is 2.57. The van der Waals surface area contributed by atoms with Crippen LogP contribution in [0.4, 0.5) is 5.95 Å². The van der Waals surface area contributed by atoms with E-state index >= 15 is 0 Å². The lowest BCUT2D eigenvalue weighted by Crippen LogP contribution is -2.13. The van der Waals surface area contributed by atoms with Gasteiger partial charge in [-0.2, -0.15) is 0 Å². The number of nitrogens with one attached hydrogen (secondary N) is 2. The summed E-state index contributed by atoms with van der Waals surface area (Å²) in [6, 6.07) is 7.69. The minimum absolute atomic E-state index is 0.0733. The van der Waals surface area contributed by atoms with Crippen molar-refractivity contribution in [1.82, 2.24) is 9.97 Å². The van der Waals surface area contributed by atoms with Gasteiger partial charge in [0.05, 0.1) is 7.11 Å². The quantitative estimate of drug-likeness (QED) is 0.846. The van der Waals surface area contributed by atoms with E-state index in [2.05, 4.69) is 15.3 Å². The van der Waals surface area contributed by atoms with E-state index in [0.717, 1.165) is 11.3 Å². The standard InChI is InChI=1S/C13H15N3O2/c1-18-11-5-3-2-4-10(11)6-7-12(17)16-13-14-8-9-15-13/h2-5,8-9H,6-7H2,1H3,(H2,14,15,16,17). The van der Waals surface area contributed by atoms with Crippen molar-refractivity contribution < 1.29 is 9.53 Å². The third kappa shape index (κ3) is 3.10. The Hall–Kier alpha value is -2.30. The molecule has 5 heteroatoms. The van der Waals surface area contributed by atoms with Gasteiger partial charge in [0.25, 0.3) is 0 Å². The van der Waals surface area contributed by atoms with E-state index < -0.39 is 0 Å². The van der Waals surface area contributed by atoms with Crippen molar-refractivity contribution in [3.63, 3.8) is 0 Å². The number of rotatable bonds is 5. The summed E-state index contributed by atoms with van der Waals surface area (Å²) >= 11 is 0. The lowest BCUT2D eigenvalue weighted by Gasteiger charge is -2.07. The van der Waals surface area contributed by atoms with Crippen LogP contribution in [0, 0.1) is 0 Å². The van der Waals surface area contributed by atoms with Crippen LogP contribution in [0.3, 0.4) is 0 Å². The zero-order valence-electron chi connectivity index (χ0n) is 10.1. The maximum Gasteiger partial charge on any atom is 0.227 e. The summed E-state index contributed by atoms with van der Waals surface area (Å²) in [7, 11) is 1.63. The normalized spacial score (nSPS) is 10.1. The Kier molecular flexibility index (Phi) is 3.96. The summed E-state index contributed by atoms with van der Waals surface area (Å²) in [6.07, 6.45) is 4.28. The SMILES string of the molecule is COc1ccccc1CCC(=O)Nc1ncc[nH]1. The first kappa shape index (κ1) is 12.2. The molecule has 0 aliphatic rings. The second-order valence-corrected chi connectivity index (χ2v) is 3.80. The number of carbonyl (C=O) groups excluding carboxylic acids is 1. The number of carbonyl (C=O) groups is 1. The molecule has 0 unspecified atom stereocenters. The summed E-state index contributed by atoms with van der Waals surface area (Å²) in [4.78, 5) is 18.4. The van der Waals surface area contributed by atoms with E-state index in [1.54, 1.807) is 19.5 Å². The second-order valence-electron chi connectivity index (χ2n) is 3.80. The predicted molar refractivity (Wildman–Crippen MR) is 68.5 cm³/mol. The summed E-state index contributed by atoms with van der Waals surface area (Å²) in [5.41, 5.74) is 1.02. The van der Waals surface area contributed by atoms with Gasteiger partial charge in [-0.05, 0) is 18.1 Å². The molecule has 94 valence electrons. The topological polar surface area (TPSA) is 67.0 Å². The van der Waals surface area contributed by atoms with Gasteiger partial charge in [0, 0.05) is 18.8 Å². The molecule has 1 aromatic carbocycles. The minimum Gasteiger partial charge on any atom is -0.496 e. The van der Waals surface area contributed by atoms with Crippen LogP contribution >= 0.6 is 0 Å². The van der Waals surface area contributed by atoms with Crippen molar-refractivity contribution in [3.8, 4) is 5.75 Å². The van der Waals surface area contributed by atoms with Gasteiger partial charge in [-0.1, -0.05) is 18.2 Å². The number of nitrogens with zero attached hydrogens (tertiary/aromatic N) is 1. The maximum atomic E-state index is 11.7. The molecule has 0 saturated carbocycles. The van der Waals surface area contributed by atoms with Crippen LogP contribution < -0.4 is 10.1 Å². The molecule has 1 aromatic heterocycles. The highest BCUT2D eigenvalue weighted by Crippen LogP contribution is 2.18. The van der Waals surface area contributed by atoms with Crippen molar-refractivity contribution in [3.05, 3.63) is 42.2 Å². The molecular weight excluding hydrogens is 230 g/mol. The molecule has 0 saturated heterocycles. The number of amides is 1. The fourth-order valence-electron chi connectivity index (χ4n) is 1.69. The Bertz CT molecular complexity index is 509. The molecule has 0 atom stereocenters. The molecule has 1 amide bonds. The maximum absolute atomic E-state index is 11.7. The van der Waals surface area contributed by atoms with Gasteiger partial charge in [0.2, 0.25) is 11.9 Å². The predicted octanol–water partition coefficient (Wildman–Crippen LogP) is 1.99. The van der Waals surface area contributed by atoms with Crippen LogP contribution in [0.15, 0.2) is 36.7 Å². The highest BCUT2D eigenvalue weighted by atomic mass is 16.5. The molecule has 2 N–H and O–H groups in total. The minimum atomic E-state index is -0.0733. The Labute approximate surface area is 105 Å². The van der Waals surface area contributed by atoms with Gasteiger partial charge in [-0.15, -0.1) is 0 Å². The first-order valence-corrected chi connectivity index (χ1v) is 5.70. The second kappa shape index (κ2) is 5.86. The molecule has 2 aromatic rings. The van der Waals surface area contributed by atoms with E-state index in [1.165, 1.54) is 0 Å². The van der Waals surface area contributed by atoms with Crippen LogP contribution in [0.1, 0.15) is 12.0 Å². The van der Waals surface area contributed by atoms with Crippen molar-refractivity contribution in [1.29, 1.82) is 0 Å². The monoisotopic (exact) mass is 245 g/mol. The summed E-state index contributed by atoms with van der Waals surface area (Å²) < 4.78 is 5.23. The molecule has 0 bridgehead atoms. The van der Waals surface area contributed by atoms with E-state index in [1.807, 2.05) is 24.3 Å². The van der Waals surface area contributed by atoms with E-state index in [-0.39, 0.29) is 5.91 Å². The van der Waals surface area contributed by atoms with Crippen molar-refractivity contribution in [2.75, 3.05) is 12.4 Å². The van der Waals surface area contributed by atoms with Gasteiger partial charge in [-0.3, -0.25) is 10.1 Å². The number of aromatic nitrogens is 2. The van der Waals surface area contributed by atoms with Gasteiger partial charge in [0.1, 0.15) is 5.75 Å². The molecular formula is C13H15N3O2. The summed E-state index contributed by atoms with van der Waals surface area (Å²) in [5.74, 6) is 1.21. The van der Waals surface area contributed by atoms with Gasteiger partial charge in [-0.25, -0.2) is 4.98 Å². The fraction of sp³-hybridized carbons (Fsp3) is 0.231. The number of imidazole rings is 1. The lowest BCUT2D eigenvalue weighted by atomic mass is 10.1. The Morgan fingerprint density at radius 3 is 3.00 bits per heavy atom. The Morgan fingerprint density at radius 2 is 2.28 bits per heavy atom. The summed E-state index contributed by atoms with van der Waals surface area (Å²) in [6.45, 7) is 0. The lowest BCUT2D eigenvalue weighted by molar-refractivity contribution is -0.116. The largest absolute Gasteiger partial charge is 0.496 e. The smallest absolute Gasteiger partial charge is 0.227 e. The molecule has 18 heavy (non-hydrogen) atoms. The number of methoxy groups -OCH3 is 1. The first-order valence-electron chi connectivity index (χ1n) is 5.70. The number of aromatic amines is 1. The number of H-pyrrole nitrogens is 1. The number of aryl methyl sites for hydroxylation is 1. The number of anilines is 1. The van der Waals surface area contributed by atoms with Crippen molar-refractivity contribution in [2.24, 2.45) is 0 Å². The molecule has 0 spiro atoms. The van der Waals surface area contributed by atoms with Gasteiger partial charge < -0.3 is 9.72 Å². The summed E-state index contributed by atoms with van der Waals surface area (Å²) in [5, 5.41) is 2.68.